The van der Waals surface area contributed by atoms with Gasteiger partial charge >= 0.3 is 0 Å². The number of carbonyl (C=O) groups is 1. The molecule has 0 saturated heterocycles. The lowest BCUT2D eigenvalue weighted by Crippen LogP contribution is -2.33. The summed E-state index contributed by atoms with van der Waals surface area (Å²) < 4.78 is 0. The average Bonchev–Trinajstić information content (AvgIpc) is 3.00. The topological polar surface area (TPSA) is 46.3 Å². The molecule has 3 heteroatoms. The molecule has 2 N–H and O–H groups in total. The maximum Gasteiger partial charge on any atom is 0.226 e. The molecule has 1 atom stereocenters. The third kappa shape index (κ3) is 3.28. The molecule has 1 aromatic rings. The molecule has 1 amide bonds. The Kier molecular flexibility index (Phi) is 3.83. The first-order chi connectivity index (χ1) is 8.94. The van der Waals surface area contributed by atoms with E-state index in [0.29, 0.717) is 12.5 Å². The molecule has 1 fully saturated rings. The van der Waals surface area contributed by atoms with Gasteiger partial charge in [0.1, 0.15) is 0 Å². The van der Waals surface area contributed by atoms with Gasteiger partial charge in [0, 0.05) is 24.7 Å². The highest BCUT2D eigenvalue weighted by atomic mass is 16.2. The number of hydrogen-bond acceptors (Lipinski definition) is 2. The second-order valence-electron chi connectivity index (χ2n) is 6.25. The number of carbonyl (C=O) groups excluding carboxylic acids is 1. The van der Waals surface area contributed by atoms with Crippen molar-refractivity contribution in [2.24, 2.45) is 11.3 Å². The molecular formula is C16H24N2O. The Balaban J connectivity index is 2.04. The van der Waals surface area contributed by atoms with E-state index in [2.05, 4.69) is 20.8 Å². The Hall–Kier alpha value is -1.51. The first-order valence-corrected chi connectivity index (χ1v) is 7.07. The summed E-state index contributed by atoms with van der Waals surface area (Å²) in [4.78, 5) is 14.5. The zero-order valence-electron chi connectivity index (χ0n) is 12.1. The fourth-order valence-corrected chi connectivity index (χ4v) is 2.49. The molecule has 0 spiro atoms. The van der Waals surface area contributed by atoms with Crippen molar-refractivity contribution in [2.45, 2.75) is 40.2 Å². The van der Waals surface area contributed by atoms with Crippen LogP contribution in [0.5, 0.6) is 0 Å². The molecule has 0 heterocycles. The standard InChI is InChI=1S/C16H24N2O/c1-4-9-18(15(19)14-10-16(14,2)3)11-12-5-7-13(17)8-6-12/h5-8,14H,4,9-11,17H2,1-3H3. The predicted molar refractivity (Wildman–Crippen MR) is 78.5 cm³/mol. The van der Waals surface area contributed by atoms with Crippen LogP contribution in [0.4, 0.5) is 5.69 Å². The van der Waals surface area contributed by atoms with Crippen molar-refractivity contribution < 1.29 is 4.79 Å². The van der Waals surface area contributed by atoms with Crippen LogP contribution in [0.25, 0.3) is 0 Å². The van der Waals surface area contributed by atoms with Gasteiger partial charge in [0.2, 0.25) is 5.91 Å². The second kappa shape index (κ2) is 5.24. The molecule has 0 bridgehead atoms. The largest absolute Gasteiger partial charge is 0.399 e. The number of nitrogen functional groups attached to an aromatic ring is 1. The number of hydrogen-bond donors (Lipinski definition) is 1. The van der Waals surface area contributed by atoms with E-state index in [-0.39, 0.29) is 11.3 Å². The van der Waals surface area contributed by atoms with Gasteiger partial charge in [-0.05, 0) is 36.0 Å². The summed E-state index contributed by atoms with van der Waals surface area (Å²) in [6.45, 7) is 7.97. The van der Waals surface area contributed by atoms with E-state index in [9.17, 15) is 4.79 Å². The van der Waals surface area contributed by atoms with Crippen LogP contribution in [0, 0.1) is 11.3 Å². The van der Waals surface area contributed by atoms with Gasteiger partial charge in [0.25, 0.3) is 0 Å². The lowest BCUT2D eigenvalue weighted by Gasteiger charge is -2.23. The molecule has 0 aromatic heterocycles. The Morgan fingerprint density at radius 3 is 2.42 bits per heavy atom. The van der Waals surface area contributed by atoms with Gasteiger partial charge in [-0.15, -0.1) is 0 Å². The van der Waals surface area contributed by atoms with Crippen molar-refractivity contribution in [3.05, 3.63) is 29.8 Å². The zero-order valence-corrected chi connectivity index (χ0v) is 12.1. The van der Waals surface area contributed by atoms with Crippen LogP contribution in [-0.4, -0.2) is 17.4 Å². The highest BCUT2D eigenvalue weighted by Crippen LogP contribution is 2.52. The molecule has 1 unspecified atom stereocenters. The van der Waals surface area contributed by atoms with Gasteiger partial charge < -0.3 is 10.6 Å². The minimum atomic E-state index is 0.199. The Morgan fingerprint density at radius 1 is 1.37 bits per heavy atom. The van der Waals surface area contributed by atoms with Crippen molar-refractivity contribution in [1.82, 2.24) is 4.90 Å². The van der Waals surface area contributed by atoms with Crippen LogP contribution < -0.4 is 5.73 Å². The number of benzene rings is 1. The van der Waals surface area contributed by atoms with Crippen molar-refractivity contribution in [2.75, 3.05) is 12.3 Å². The summed E-state index contributed by atoms with van der Waals surface area (Å²) in [7, 11) is 0. The smallest absolute Gasteiger partial charge is 0.226 e. The lowest BCUT2D eigenvalue weighted by molar-refractivity contribution is -0.134. The summed E-state index contributed by atoms with van der Waals surface area (Å²) in [5.41, 5.74) is 7.80. The third-order valence-corrected chi connectivity index (χ3v) is 3.97. The van der Waals surface area contributed by atoms with Crippen LogP contribution >= 0.6 is 0 Å². The summed E-state index contributed by atoms with van der Waals surface area (Å²) >= 11 is 0. The van der Waals surface area contributed by atoms with Crippen molar-refractivity contribution in [3.63, 3.8) is 0 Å². The van der Waals surface area contributed by atoms with Crippen LogP contribution in [0.1, 0.15) is 39.2 Å². The van der Waals surface area contributed by atoms with Gasteiger partial charge in [-0.1, -0.05) is 32.9 Å². The van der Waals surface area contributed by atoms with Crippen LogP contribution in [0.2, 0.25) is 0 Å². The number of nitrogens with zero attached hydrogens (tertiary/aromatic N) is 1. The van der Waals surface area contributed by atoms with E-state index >= 15 is 0 Å². The first-order valence-electron chi connectivity index (χ1n) is 7.07. The van der Waals surface area contributed by atoms with Crippen LogP contribution in [0.15, 0.2) is 24.3 Å². The minimum absolute atomic E-state index is 0.199. The fraction of sp³-hybridized carbons (Fsp3) is 0.562. The SMILES string of the molecule is CCCN(Cc1ccc(N)cc1)C(=O)C1CC1(C)C. The summed E-state index contributed by atoms with van der Waals surface area (Å²) in [5, 5.41) is 0. The Bertz CT molecular complexity index is 450. The van der Waals surface area contributed by atoms with Gasteiger partial charge in [0.15, 0.2) is 0 Å². The number of anilines is 1. The van der Waals surface area contributed by atoms with E-state index in [1.165, 1.54) is 0 Å². The molecule has 3 nitrogen and oxygen atoms in total. The highest BCUT2D eigenvalue weighted by molar-refractivity contribution is 5.82. The molecule has 2 rings (SSSR count). The second-order valence-corrected chi connectivity index (χ2v) is 6.25. The molecule has 1 aliphatic carbocycles. The van der Waals surface area contributed by atoms with E-state index in [0.717, 1.165) is 30.6 Å². The van der Waals surface area contributed by atoms with Gasteiger partial charge in [-0.25, -0.2) is 0 Å². The van der Waals surface area contributed by atoms with Crippen molar-refractivity contribution in [3.8, 4) is 0 Å². The monoisotopic (exact) mass is 260 g/mol. The van der Waals surface area contributed by atoms with Gasteiger partial charge in [-0.2, -0.15) is 0 Å². The molecule has 0 aliphatic heterocycles. The van der Waals surface area contributed by atoms with Crippen LogP contribution in [-0.2, 0) is 11.3 Å². The average molecular weight is 260 g/mol. The van der Waals surface area contributed by atoms with Gasteiger partial charge in [-0.3, -0.25) is 4.79 Å². The quantitative estimate of drug-likeness (QED) is 0.827. The maximum atomic E-state index is 12.5. The van der Waals surface area contributed by atoms with E-state index in [4.69, 9.17) is 5.73 Å². The summed E-state index contributed by atoms with van der Waals surface area (Å²) in [6, 6.07) is 7.79. The third-order valence-electron chi connectivity index (χ3n) is 3.97. The van der Waals surface area contributed by atoms with E-state index in [1.54, 1.807) is 0 Å². The fourth-order valence-electron chi connectivity index (χ4n) is 2.49. The normalized spacial score (nSPS) is 20.1. The van der Waals surface area contributed by atoms with E-state index < -0.39 is 0 Å². The summed E-state index contributed by atoms with van der Waals surface area (Å²) in [6.07, 6.45) is 2.02. The van der Waals surface area contributed by atoms with Crippen molar-refractivity contribution >= 4 is 11.6 Å². The zero-order chi connectivity index (χ0) is 14.0. The van der Waals surface area contributed by atoms with Crippen molar-refractivity contribution in [1.29, 1.82) is 0 Å². The number of nitrogens with two attached hydrogens (primary N) is 1. The molecule has 19 heavy (non-hydrogen) atoms. The Morgan fingerprint density at radius 2 is 1.95 bits per heavy atom. The number of rotatable bonds is 5. The van der Waals surface area contributed by atoms with Crippen LogP contribution in [0.3, 0.4) is 0 Å². The lowest BCUT2D eigenvalue weighted by atomic mass is 10.1. The summed E-state index contributed by atoms with van der Waals surface area (Å²) in [5.74, 6) is 0.525. The number of amides is 1. The maximum absolute atomic E-state index is 12.5. The molecule has 104 valence electrons. The van der Waals surface area contributed by atoms with Gasteiger partial charge in [0.05, 0.1) is 0 Å². The molecular weight excluding hydrogens is 236 g/mol. The first kappa shape index (κ1) is 13.9. The predicted octanol–water partition coefficient (Wildman–Crippen LogP) is 3.05. The molecule has 1 aliphatic rings. The highest BCUT2D eigenvalue weighted by Gasteiger charge is 2.51. The molecule has 1 saturated carbocycles. The molecule has 1 aromatic carbocycles. The molecule has 0 radical (unpaired) electrons. The van der Waals surface area contributed by atoms with E-state index in [1.807, 2.05) is 29.2 Å². The Labute approximate surface area is 115 Å². The minimum Gasteiger partial charge on any atom is -0.399 e.